The van der Waals surface area contributed by atoms with Crippen molar-refractivity contribution in [2.24, 2.45) is 5.92 Å². The molecule has 3 unspecified atom stereocenters. The van der Waals surface area contributed by atoms with Gasteiger partial charge in [0.25, 0.3) is 0 Å². The zero-order valence-electron chi connectivity index (χ0n) is 17.4. The first-order valence-corrected chi connectivity index (χ1v) is 11.5. The number of likely N-dealkylation sites (tertiary alicyclic amines) is 1. The lowest BCUT2D eigenvalue weighted by Crippen LogP contribution is -2.64. The SMILES string of the molecule is Cc1cccc(NC(=O)CSC2NC(=O)C3CN(Cc4ccc(F)cc4)CCC3N2)c1. The number of rotatable bonds is 6. The number of halogens is 1. The second-order valence-electron chi connectivity index (χ2n) is 8.15. The molecule has 3 N–H and O–H groups in total. The molecule has 164 valence electrons. The molecule has 0 spiro atoms. The topological polar surface area (TPSA) is 73.5 Å². The van der Waals surface area contributed by atoms with E-state index in [0.29, 0.717) is 13.1 Å². The van der Waals surface area contributed by atoms with Crippen LogP contribution >= 0.6 is 11.8 Å². The number of carbonyl (C=O) groups is 2. The first kappa shape index (κ1) is 21.8. The molecule has 0 radical (unpaired) electrons. The predicted molar refractivity (Wildman–Crippen MR) is 121 cm³/mol. The number of nitrogens with one attached hydrogen (secondary N) is 3. The fourth-order valence-electron chi connectivity index (χ4n) is 4.12. The summed E-state index contributed by atoms with van der Waals surface area (Å²) in [7, 11) is 0. The van der Waals surface area contributed by atoms with E-state index < -0.39 is 0 Å². The molecule has 2 aromatic rings. The Bertz CT molecular complexity index is 939. The van der Waals surface area contributed by atoms with Crippen molar-refractivity contribution in [3.63, 3.8) is 0 Å². The lowest BCUT2D eigenvalue weighted by Gasteiger charge is -2.43. The summed E-state index contributed by atoms with van der Waals surface area (Å²) in [6.45, 7) is 4.21. The summed E-state index contributed by atoms with van der Waals surface area (Å²) in [6.07, 6.45) is 0.853. The van der Waals surface area contributed by atoms with Crippen LogP contribution in [0.5, 0.6) is 0 Å². The zero-order valence-corrected chi connectivity index (χ0v) is 18.3. The Morgan fingerprint density at radius 1 is 1.26 bits per heavy atom. The van der Waals surface area contributed by atoms with E-state index in [1.54, 1.807) is 12.1 Å². The first-order valence-electron chi connectivity index (χ1n) is 10.5. The van der Waals surface area contributed by atoms with Crippen LogP contribution in [-0.2, 0) is 16.1 Å². The smallest absolute Gasteiger partial charge is 0.234 e. The van der Waals surface area contributed by atoms with Crippen molar-refractivity contribution in [1.29, 1.82) is 0 Å². The first-order chi connectivity index (χ1) is 15.0. The summed E-state index contributed by atoms with van der Waals surface area (Å²) in [5.74, 6) is -0.200. The molecule has 2 fully saturated rings. The summed E-state index contributed by atoms with van der Waals surface area (Å²) in [5, 5.41) is 9.37. The summed E-state index contributed by atoms with van der Waals surface area (Å²) in [6, 6.07) is 14.3. The Morgan fingerprint density at radius 2 is 2.06 bits per heavy atom. The van der Waals surface area contributed by atoms with Crippen LogP contribution in [0.3, 0.4) is 0 Å². The van der Waals surface area contributed by atoms with Gasteiger partial charge in [-0.1, -0.05) is 24.3 Å². The van der Waals surface area contributed by atoms with Crippen molar-refractivity contribution >= 4 is 29.3 Å². The molecular weight excluding hydrogens is 415 g/mol. The fraction of sp³-hybridized carbons (Fsp3) is 0.391. The van der Waals surface area contributed by atoms with Crippen molar-refractivity contribution in [2.75, 3.05) is 24.2 Å². The number of hydrogen-bond donors (Lipinski definition) is 3. The number of fused-ring (bicyclic) bond motifs is 1. The van der Waals surface area contributed by atoms with Gasteiger partial charge in [0.1, 0.15) is 11.3 Å². The third-order valence-corrected chi connectivity index (χ3v) is 6.69. The number of hydrogen-bond acceptors (Lipinski definition) is 5. The van der Waals surface area contributed by atoms with Crippen molar-refractivity contribution in [1.82, 2.24) is 15.5 Å². The predicted octanol–water partition coefficient (Wildman–Crippen LogP) is 2.70. The van der Waals surface area contributed by atoms with E-state index in [0.717, 1.165) is 29.8 Å². The van der Waals surface area contributed by atoms with Crippen molar-refractivity contribution < 1.29 is 14.0 Å². The minimum Gasteiger partial charge on any atom is -0.331 e. The Labute approximate surface area is 186 Å². The summed E-state index contributed by atoms with van der Waals surface area (Å²) < 4.78 is 13.1. The third-order valence-electron chi connectivity index (χ3n) is 5.67. The van der Waals surface area contributed by atoms with Gasteiger partial charge < -0.3 is 10.6 Å². The van der Waals surface area contributed by atoms with Crippen molar-refractivity contribution in [3.8, 4) is 0 Å². The minimum absolute atomic E-state index is 0.0177. The quantitative estimate of drug-likeness (QED) is 0.642. The maximum Gasteiger partial charge on any atom is 0.234 e. The molecule has 3 atom stereocenters. The van der Waals surface area contributed by atoms with Crippen LogP contribution in [0.1, 0.15) is 17.5 Å². The van der Waals surface area contributed by atoms with Crippen molar-refractivity contribution in [2.45, 2.75) is 31.4 Å². The Hall–Kier alpha value is -2.42. The maximum absolute atomic E-state index is 13.1. The summed E-state index contributed by atoms with van der Waals surface area (Å²) in [5.41, 5.74) is 2.63. The fourth-order valence-corrected chi connectivity index (χ4v) is 4.98. The van der Waals surface area contributed by atoms with Crippen LogP contribution in [0, 0.1) is 18.7 Å². The number of amides is 2. The van der Waals surface area contributed by atoms with Crippen LogP contribution in [0.2, 0.25) is 0 Å². The number of piperidine rings is 1. The molecule has 0 aromatic heterocycles. The van der Waals surface area contributed by atoms with Gasteiger partial charge in [0, 0.05) is 31.4 Å². The molecule has 8 heteroatoms. The van der Waals surface area contributed by atoms with Gasteiger partial charge >= 0.3 is 0 Å². The number of nitrogens with zero attached hydrogens (tertiary/aromatic N) is 1. The van der Waals surface area contributed by atoms with E-state index in [9.17, 15) is 14.0 Å². The zero-order chi connectivity index (χ0) is 21.8. The molecule has 2 saturated heterocycles. The minimum atomic E-state index is -0.277. The highest BCUT2D eigenvalue weighted by molar-refractivity contribution is 8.00. The Kier molecular flexibility index (Phi) is 6.89. The van der Waals surface area contributed by atoms with E-state index >= 15 is 0 Å². The monoisotopic (exact) mass is 442 g/mol. The van der Waals surface area contributed by atoms with Gasteiger partial charge in [0.05, 0.1) is 11.7 Å². The van der Waals surface area contributed by atoms with Crippen LogP contribution in [0.4, 0.5) is 10.1 Å². The average molecular weight is 443 g/mol. The van der Waals surface area contributed by atoms with E-state index in [2.05, 4.69) is 20.9 Å². The molecule has 4 rings (SSSR count). The molecule has 2 amide bonds. The van der Waals surface area contributed by atoms with Gasteiger partial charge in [-0.2, -0.15) is 0 Å². The number of thioether (sulfide) groups is 1. The number of carbonyl (C=O) groups excluding carboxylic acids is 2. The van der Waals surface area contributed by atoms with E-state index in [4.69, 9.17) is 0 Å². The van der Waals surface area contributed by atoms with Gasteiger partial charge in [0.2, 0.25) is 11.8 Å². The molecule has 0 saturated carbocycles. The molecule has 2 aliphatic rings. The van der Waals surface area contributed by atoms with Crippen LogP contribution < -0.4 is 16.0 Å². The molecule has 31 heavy (non-hydrogen) atoms. The lowest BCUT2D eigenvalue weighted by atomic mass is 9.89. The summed E-state index contributed by atoms with van der Waals surface area (Å²) >= 11 is 1.39. The Morgan fingerprint density at radius 3 is 2.84 bits per heavy atom. The van der Waals surface area contributed by atoms with Gasteiger partial charge in [-0.15, -0.1) is 11.8 Å². The molecule has 2 heterocycles. The molecule has 0 bridgehead atoms. The maximum atomic E-state index is 13.1. The number of aryl methyl sites for hydroxylation is 1. The molecular formula is C23H27FN4O2S. The number of anilines is 1. The van der Waals surface area contributed by atoms with Crippen LogP contribution in [0.25, 0.3) is 0 Å². The van der Waals surface area contributed by atoms with Gasteiger partial charge in [-0.05, 0) is 48.7 Å². The standard InChI is InChI=1S/C23H27FN4O2S/c1-15-3-2-4-18(11-15)25-21(29)14-31-23-26-20-9-10-28(13-19(20)22(30)27-23)12-16-5-7-17(24)8-6-16/h2-8,11,19-20,23,26H,9-10,12-14H2,1H3,(H,25,29)(H,27,30). The second-order valence-corrected chi connectivity index (χ2v) is 9.24. The highest BCUT2D eigenvalue weighted by atomic mass is 32.2. The lowest BCUT2D eigenvalue weighted by molar-refractivity contribution is -0.130. The average Bonchev–Trinajstić information content (AvgIpc) is 2.74. The highest BCUT2D eigenvalue weighted by Gasteiger charge is 2.39. The largest absolute Gasteiger partial charge is 0.331 e. The second kappa shape index (κ2) is 9.80. The van der Waals surface area contributed by atoms with Crippen LogP contribution in [-0.4, -0.2) is 47.1 Å². The number of benzene rings is 2. The van der Waals surface area contributed by atoms with Gasteiger partial charge in [0.15, 0.2) is 0 Å². The van der Waals surface area contributed by atoms with E-state index in [1.807, 2.05) is 31.2 Å². The molecule has 2 aromatic carbocycles. The highest BCUT2D eigenvalue weighted by Crippen LogP contribution is 2.25. The van der Waals surface area contributed by atoms with Gasteiger partial charge in [-0.3, -0.25) is 19.8 Å². The van der Waals surface area contributed by atoms with Gasteiger partial charge in [-0.25, -0.2) is 4.39 Å². The molecule has 0 aliphatic carbocycles. The third kappa shape index (κ3) is 5.84. The van der Waals surface area contributed by atoms with E-state index in [1.165, 1.54) is 23.9 Å². The molecule has 2 aliphatic heterocycles. The van der Waals surface area contributed by atoms with E-state index in [-0.39, 0.29) is 40.8 Å². The normalized spacial score (nSPS) is 23.7. The van der Waals surface area contributed by atoms with Crippen LogP contribution in [0.15, 0.2) is 48.5 Å². The Balaban J connectivity index is 1.25. The summed E-state index contributed by atoms with van der Waals surface area (Å²) in [4.78, 5) is 27.2. The van der Waals surface area contributed by atoms with Crippen molar-refractivity contribution in [3.05, 3.63) is 65.5 Å². The molecule has 6 nitrogen and oxygen atoms in total.